The number of alkyl halides is 3. The molecule has 0 radical (unpaired) electrons. The first kappa shape index (κ1) is 33.7. The molecule has 0 saturated carbocycles. The molecule has 280 valence electrons. The van der Waals surface area contributed by atoms with Gasteiger partial charge in [0.15, 0.2) is 17.3 Å². The number of aromatic amines is 2. The van der Waals surface area contributed by atoms with Crippen molar-refractivity contribution in [2.45, 2.75) is 25.1 Å². The maximum Gasteiger partial charge on any atom is 0.409 e. The summed E-state index contributed by atoms with van der Waals surface area (Å²) in [6, 6.07) is 17.0. The Kier molecular flexibility index (Phi) is 7.91. The summed E-state index contributed by atoms with van der Waals surface area (Å²) in [6.07, 6.45) is 1.60. The maximum atomic E-state index is 13.8. The first-order valence-electron chi connectivity index (χ1n) is 18.0. The zero-order chi connectivity index (χ0) is 38.0. The smallest absolute Gasteiger partial charge is 0.378 e. The number of ether oxygens (including phenoxy) is 1. The molecule has 8 heterocycles. The minimum atomic E-state index is -4.56. The second kappa shape index (κ2) is 13.2. The number of morpholine rings is 1. The predicted octanol–water partition coefficient (Wildman–Crippen LogP) is 7.37. The van der Waals surface area contributed by atoms with E-state index in [9.17, 15) is 18.0 Å². The van der Waals surface area contributed by atoms with Crippen LogP contribution in [-0.4, -0.2) is 84.8 Å². The number of anilines is 6. The lowest BCUT2D eigenvalue weighted by atomic mass is 10.1. The average molecular weight is 757 g/mol. The van der Waals surface area contributed by atoms with Crippen molar-refractivity contribution >= 4 is 84.2 Å². The molecule has 10 rings (SSSR count). The number of amides is 1. The third-order valence-corrected chi connectivity index (χ3v) is 10.3. The van der Waals surface area contributed by atoms with Crippen LogP contribution in [0.25, 0.3) is 54.9 Å². The van der Waals surface area contributed by atoms with Crippen molar-refractivity contribution in [2.75, 3.05) is 46.7 Å². The molecule has 17 heteroatoms. The summed E-state index contributed by atoms with van der Waals surface area (Å²) >= 11 is 0. The van der Waals surface area contributed by atoms with E-state index in [-0.39, 0.29) is 18.7 Å². The summed E-state index contributed by atoms with van der Waals surface area (Å²) in [5, 5.41) is 24.7. The van der Waals surface area contributed by atoms with Crippen LogP contribution in [0.1, 0.15) is 12.8 Å². The maximum absolute atomic E-state index is 13.8. The van der Waals surface area contributed by atoms with E-state index in [4.69, 9.17) is 9.72 Å². The Hall–Kier alpha value is -6.88. The summed E-state index contributed by atoms with van der Waals surface area (Å²) < 4.78 is 46.9. The van der Waals surface area contributed by atoms with Gasteiger partial charge in [-0.25, -0.2) is 9.97 Å². The standard InChI is InChI=1S/C39H31F3N12O2/c40-39(41,42)30-6-7-31(55)54(30)38-27-5-4-24(16-21(27)8-10-44-38)47-37-34-33(49-52-37)26(9-11-43-34)23-18-28-35(46-19-23)50-51-36(28)48-25-17-22-2-1-3-29(32(22)45-20-25)53-12-14-56-15-13-53/h1-5,8-11,16-20,30H,6-7,12-15H2,(H2,47,49,52)(H2,46,48,50,51). The van der Waals surface area contributed by atoms with Gasteiger partial charge in [0.25, 0.3) is 0 Å². The van der Waals surface area contributed by atoms with E-state index in [1.807, 2.05) is 24.3 Å². The highest BCUT2D eigenvalue weighted by atomic mass is 19.4. The molecule has 2 aromatic carbocycles. The minimum Gasteiger partial charge on any atom is -0.378 e. The Morgan fingerprint density at radius 2 is 1.61 bits per heavy atom. The number of halogens is 3. The van der Waals surface area contributed by atoms with Crippen molar-refractivity contribution in [3.8, 4) is 11.1 Å². The fraction of sp³-hybridized carbons (Fsp3) is 0.205. The van der Waals surface area contributed by atoms with Gasteiger partial charge in [-0.2, -0.15) is 23.4 Å². The molecule has 14 nitrogen and oxygen atoms in total. The van der Waals surface area contributed by atoms with Gasteiger partial charge in [0.1, 0.15) is 17.4 Å². The zero-order valence-corrected chi connectivity index (χ0v) is 29.4. The number of nitrogens with one attached hydrogen (secondary N) is 4. The van der Waals surface area contributed by atoms with E-state index in [1.54, 1.807) is 42.9 Å². The molecule has 2 saturated heterocycles. The number of benzene rings is 2. The molecular weight excluding hydrogens is 726 g/mol. The number of rotatable bonds is 7. The Balaban J connectivity index is 0.927. The summed E-state index contributed by atoms with van der Waals surface area (Å²) in [5.41, 5.74) is 6.86. The number of hydrogen-bond acceptors (Lipinski definition) is 11. The third kappa shape index (κ3) is 5.83. The van der Waals surface area contributed by atoms with Crippen molar-refractivity contribution in [1.82, 2.24) is 40.3 Å². The number of carbonyl (C=O) groups excluding carboxylic acids is 1. The van der Waals surface area contributed by atoms with Crippen LogP contribution in [0, 0.1) is 0 Å². The summed E-state index contributed by atoms with van der Waals surface area (Å²) in [7, 11) is 0. The fourth-order valence-corrected chi connectivity index (χ4v) is 7.63. The van der Waals surface area contributed by atoms with E-state index in [2.05, 4.69) is 63.0 Å². The van der Waals surface area contributed by atoms with E-state index >= 15 is 0 Å². The Labute approximate surface area is 315 Å². The third-order valence-electron chi connectivity index (χ3n) is 10.3. The lowest BCUT2D eigenvalue weighted by Gasteiger charge is -2.29. The monoisotopic (exact) mass is 756 g/mol. The minimum absolute atomic E-state index is 0.0102. The number of fused-ring (bicyclic) bond motifs is 4. The molecule has 0 aliphatic carbocycles. The number of carbonyl (C=O) groups is 1. The van der Waals surface area contributed by atoms with Crippen LogP contribution in [0.3, 0.4) is 0 Å². The highest BCUT2D eigenvalue weighted by Gasteiger charge is 2.50. The summed E-state index contributed by atoms with van der Waals surface area (Å²) in [5.74, 6) is 0.427. The van der Waals surface area contributed by atoms with Gasteiger partial charge in [-0.1, -0.05) is 12.1 Å². The predicted molar refractivity (Wildman–Crippen MR) is 206 cm³/mol. The number of H-pyrrole nitrogens is 2. The second-order valence-corrected chi connectivity index (χ2v) is 13.7. The highest BCUT2D eigenvalue weighted by Crippen LogP contribution is 2.40. The van der Waals surface area contributed by atoms with Crippen LogP contribution in [0.2, 0.25) is 0 Å². The molecule has 0 spiro atoms. The van der Waals surface area contributed by atoms with Gasteiger partial charge in [-0.3, -0.25) is 29.9 Å². The first-order chi connectivity index (χ1) is 27.3. The largest absolute Gasteiger partial charge is 0.409 e. The SMILES string of the molecule is O=C1CCC(C(F)(F)F)N1c1nccc2cc(Nc3n[nH]c4c(-c5cnc6[nH]nc(Nc7cnc8c(N9CCOCC9)cccc8c7)c6c5)ccnc34)ccc12. The van der Waals surface area contributed by atoms with Gasteiger partial charge >= 0.3 is 6.18 Å². The van der Waals surface area contributed by atoms with Crippen LogP contribution in [-0.2, 0) is 9.53 Å². The molecule has 2 aliphatic rings. The van der Waals surface area contributed by atoms with Crippen LogP contribution < -0.4 is 20.4 Å². The number of nitrogens with zero attached hydrogens (tertiary/aromatic N) is 8. The topological polar surface area (TPSA) is 166 Å². The normalized spacial score (nSPS) is 16.5. The molecule has 2 aliphatic heterocycles. The quantitative estimate of drug-likeness (QED) is 0.128. The van der Waals surface area contributed by atoms with E-state index in [0.717, 1.165) is 56.8 Å². The summed E-state index contributed by atoms with van der Waals surface area (Å²) in [4.78, 5) is 33.9. The molecule has 0 bridgehead atoms. The average Bonchev–Trinajstić information content (AvgIpc) is 3.94. The number of aromatic nitrogens is 8. The van der Waals surface area contributed by atoms with Crippen molar-refractivity contribution < 1.29 is 22.7 Å². The molecule has 1 amide bonds. The van der Waals surface area contributed by atoms with Crippen molar-refractivity contribution in [3.63, 3.8) is 0 Å². The lowest BCUT2D eigenvalue weighted by molar-refractivity contribution is -0.148. The Morgan fingerprint density at radius 1 is 0.786 bits per heavy atom. The first-order valence-corrected chi connectivity index (χ1v) is 18.0. The van der Waals surface area contributed by atoms with Crippen molar-refractivity contribution in [1.29, 1.82) is 0 Å². The molecule has 4 N–H and O–H groups in total. The highest BCUT2D eigenvalue weighted by molar-refractivity contribution is 6.05. The van der Waals surface area contributed by atoms with Gasteiger partial charge in [-0.15, -0.1) is 0 Å². The molecule has 1 atom stereocenters. The Morgan fingerprint density at radius 3 is 2.48 bits per heavy atom. The van der Waals surface area contributed by atoms with Gasteiger partial charge in [-0.05, 0) is 60.3 Å². The van der Waals surface area contributed by atoms with Crippen LogP contribution >= 0.6 is 0 Å². The zero-order valence-electron chi connectivity index (χ0n) is 29.4. The number of pyridine rings is 4. The van der Waals surface area contributed by atoms with Gasteiger partial charge in [0, 0.05) is 65.7 Å². The Bertz CT molecular complexity index is 2810. The van der Waals surface area contributed by atoms with E-state index in [0.29, 0.717) is 58.0 Å². The summed E-state index contributed by atoms with van der Waals surface area (Å²) in [6.45, 7) is 3.03. The lowest BCUT2D eigenvalue weighted by Crippen LogP contribution is -2.43. The molecule has 6 aromatic heterocycles. The molecule has 2 fully saturated rings. The second-order valence-electron chi connectivity index (χ2n) is 13.7. The van der Waals surface area contributed by atoms with Crippen LogP contribution in [0.4, 0.5) is 47.7 Å². The van der Waals surface area contributed by atoms with E-state index < -0.39 is 18.1 Å². The number of hydrogen-bond donors (Lipinski definition) is 4. The van der Waals surface area contributed by atoms with Crippen LogP contribution in [0.15, 0.2) is 85.5 Å². The molecule has 8 aromatic rings. The van der Waals surface area contributed by atoms with Gasteiger partial charge in [0.05, 0.1) is 47.2 Å². The van der Waals surface area contributed by atoms with Gasteiger partial charge < -0.3 is 20.3 Å². The molecule has 1 unspecified atom stereocenters. The molecular formula is C39H31F3N12O2. The van der Waals surface area contributed by atoms with E-state index in [1.165, 1.54) is 6.20 Å². The molecule has 56 heavy (non-hydrogen) atoms. The number of para-hydroxylation sites is 1. The van der Waals surface area contributed by atoms with Gasteiger partial charge in [0.2, 0.25) is 5.91 Å². The van der Waals surface area contributed by atoms with Crippen molar-refractivity contribution in [3.05, 3.63) is 85.5 Å². The van der Waals surface area contributed by atoms with Crippen LogP contribution in [0.5, 0.6) is 0 Å². The van der Waals surface area contributed by atoms with Crippen molar-refractivity contribution in [2.24, 2.45) is 0 Å². The fourth-order valence-electron chi connectivity index (χ4n) is 7.63.